The maximum Gasteiger partial charge on any atom is 0.243 e. The highest BCUT2D eigenvalue weighted by atomic mass is 32.1. The fourth-order valence-corrected chi connectivity index (χ4v) is 6.21. The number of amides is 3. The standard InChI is InChI=1S/C30H32N6O4S/c31-28(32)21-8-4-7-20(15-21)16-23(27(39)30-33-13-14-41-30)34-29(40)24-11-10-22-17-35(18-26(38)36(22)24)25(37)12-9-19-5-2-1-3-6-19/h1-8,13-15,22-24H,9-12,16-18H2,(H3,31,32)(H,34,40)/t22-,23?,24?/m0/s1. The first-order valence-corrected chi connectivity index (χ1v) is 14.5. The molecule has 2 fully saturated rings. The molecule has 3 aromatic rings. The summed E-state index contributed by atoms with van der Waals surface area (Å²) in [5, 5.41) is 12.6. The first kappa shape index (κ1) is 28.2. The number of amidine groups is 1. The van der Waals surface area contributed by atoms with Crippen LogP contribution in [0, 0.1) is 5.41 Å². The second-order valence-corrected chi connectivity index (χ2v) is 11.3. The number of piperazine rings is 1. The molecular weight excluding hydrogens is 540 g/mol. The number of carbonyl (C=O) groups is 4. The first-order valence-electron chi connectivity index (χ1n) is 13.6. The Bertz CT molecular complexity index is 1440. The van der Waals surface area contributed by atoms with E-state index in [1.165, 1.54) is 17.5 Å². The molecule has 0 radical (unpaired) electrons. The van der Waals surface area contributed by atoms with Gasteiger partial charge in [-0.2, -0.15) is 0 Å². The van der Waals surface area contributed by atoms with Gasteiger partial charge in [-0.05, 0) is 36.5 Å². The van der Waals surface area contributed by atoms with Crippen molar-refractivity contribution in [2.45, 2.75) is 50.2 Å². The summed E-state index contributed by atoms with van der Waals surface area (Å²) in [6, 6.07) is 14.9. The summed E-state index contributed by atoms with van der Waals surface area (Å²) in [5.41, 5.74) is 7.96. The molecule has 41 heavy (non-hydrogen) atoms. The van der Waals surface area contributed by atoms with Crippen molar-refractivity contribution in [1.29, 1.82) is 5.41 Å². The monoisotopic (exact) mass is 572 g/mol. The molecule has 212 valence electrons. The molecule has 0 saturated carbocycles. The normalized spacial score (nSPS) is 19.0. The van der Waals surface area contributed by atoms with Crippen molar-refractivity contribution in [2.75, 3.05) is 13.1 Å². The van der Waals surface area contributed by atoms with Gasteiger partial charge in [0.15, 0.2) is 5.01 Å². The Morgan fingerprint density at radius 1 is 1.10 bits per heavy atom. The predicted molar refractivity (Wildman–Crippen MR) is 155 cm³/mol. The molecule has 3 heterocycles. The first-order chi connectivity index (χ1) is 19.8. The van der Waals surface area contributed by atoms with Crippen molar-refractivity contribution in [1.82, 2.24) is 20.1 Å². The highest BCUT2D eigenvalue weighted by Crippen LogP contribution is 2.29. The van der Waals surface area contributed by atoms with Crippen molar-refractivity contribution < 1.29 is 19.2 Å². The number of carbonyl (C=O) groups excluding carboxylic acids is 4. The number of hydrogen-bond donors (Lipinski definition) is 3. The van der Waals surface area contributed by atoms with Crippen molar-refractivity contribution in [3.63, 3.8) is 0 Å². The zero-order valence-corrected chi connectivity index (χ0v) is 23.3. The van der Waals surface area contributed by atoms with Crippen LogP contribution in [0.2, 0.25) is 0 Å². The minimum Gasteiger partial charge on any atom is -0.384 e. The zero-order valence-electron chi connectivity index (χ0n) is 22.5. The molecule has 10 nitrogen and oxygen atoms in total. The topological polar surface area (TPSA) is 150 Å². The van der Waals surface area contributed by atoms with Crippen LogP contribution in [-0.2, 0) is 27.2 Å². The maximum atomic E-state index is 13.6. The van der Waals surface area contributed by atoms with Gasteiger partial charge in [0, 0.05) is 36.5 Å². The second kappa shape index (κ2) is 12.4. The van der Waals surface area contributed by atoms with E-state index < -0.39 is 18.0 Å². The van der Waals surface area contributed by atoms with Gasteiger partial charge in [-0.15, -0.1) is 11.3 Å². The van der Waals surface area contributed by atoms with Crippen LogP contribution in [-0.4, -0.2) is 75.3 Å². The van der Waals surface area contributed by atoms with Crippen LogP contribution in [0.5, 0.6) is 0 Å². The van der Waals surface area contributed by atoms with E-state index >= 15 is 0 Å². The van der Waals surface area contributed by atoms with Crippen molar-refractivity contribution in [3.8, 4) is 0 Å². The third kappa shape index (κ3) is 6.51. The number of Topliss-reactive ketones (excluding diaryl/α,β-unsaturated/α-hetero) is 1. The quantitative estimate of drug-likeness (QED) is 0.193. The zero-order chi connectivity index (χ0) is 28.9. The summed E-state index contributed by atoms with van der Waals surface area (Å²) in [6.07, 6.45) is 3.68. The Hall–Kier alpha value is -4.38. The lowest BCUT2D eigenvalue weighted by atomic mass is 9.99. The highest BCUT2D eigenvalue weighted by molar-refractivity contribution is 7.11. The number of hydrogen-bond acceptors (Lipinski definition) is 7. The highest BCUT2D eigenvalue weighted by Gasteiger charge is 2.46. The van der Waals surface area contributed by atoms with Crippen LogP contribution in [0.1, 0.15) is 45.8 Å². The van der Waals surface area contributed by atoms with Crippen LogP contribution >= 0.6 is 11.3 Å². The molecule has 5 rings (SSSR count). The summed E-state index contributed by atoms with van der Waals surface area (Å²) >= 11 is 1.19. The molecule has 1 aromatic heterocycles. The minimum absolute atomic E-state index is 0.0623. The number of thiazole rings is 1. The van der Waals surface area contributed by atoms with E-state index in [1.807, 2.05) is 36.4 Å². The lowest BCUT2D eigenvalue weighted by Crippen LogP contribution is -2.60. The number of nitrogens with two attached hydrogens (primary N) is 1. The van der Waals surface area contributed by atoms with Gasteiger partial charge in [-0.1, -0.05) is 48.5 Å². The van der Waals surface area contributed by atoms with Crippen LogP contribution in [0.3, 0.4) is 0 Å². The number of aromatic nitrogens is 1. The molecule has 0 bridgehead atoms. The second-order valence-electron chi connectivity index (χ2n) is 10.4. The van der Waals surface area contributed by atoms with Gasteiger partial charge < -0.3 is 20.9 Å². The van der Waals surface area contributed by atoms with Crippen LogP contribution < -0.4 is 11.1 Å². The van der Waals surface area contributed by atoms with E-state index in [0.717, 1.165) is 11.1 Å². The molecule has 2 saturated heterocycles. The van der Waals surface area contributed by atoms with Crippen LogP contribution in [0.15, 0.2) is 66.2 Å². The van der Waals surface area contributed by atoms with E-state index in [1.54, 1.807) is 33.4 Å². The Kier molecular flexibility index (Phi) is 8.53. The van der Waals surface area contributed by atoms with Crippen LogP contribution in [0.25, 0.3) is 0 Å². The van der Waals surface area contributed by atoms with E-state index in [2.05, 4.69) is 10.3 Å². The lowest BCUT2D eigenvalue weighted by molar-refractivity contribution is -0.151. The molecule has 2 aromatic carbocycles. The van der Waals surface area contributed by atoms with Gasteiger partial charge in [0.2, 0.25) is 23.5 Å². The van der Waals surface area contributed by atoms with E-state index in [4.69, 9.17) is 11.1 Å². The number of nitrogen functional groups attached to an aromatic ring is 1. The number of aryl methyl sites for hydroxylation is 1. The van der Waals surface area contributed by atoms with Gasteiger partial charge in [-0.25, -0.2) is 4.98 Å². The van der Waals surface area contributed by atoms with Gasteiger partial charge in [0.1, 0.15) is 11.9 Å². The molecule has 3 atom stereocenters. The van der Waals surface area contributed by atoms with Gasteiger partial charge in [0.25, 0.3) is 0 Å². The number of nitrogens with one attached hydrogen (secondary N) is 2. The van der Waals surface area contributed by atoms with Crippen molar-refractivity contribution in [2.24, 2.45) is 5.73 Å². The smallest absolute Gasteiger partial charge is 0.243 e. The molecule has 11 heteroatoms. The largest absolute Gasteiger partial charge is 0.384 e. The van der Waals surface area contributed by atoms with Crippen LogP contribution in [0.4, 0.5) is 0 Å². The molecule has 2 aliphatic rings. The summed E-state index contributed by atoms with van der Waals surface area (Å²) < 4.78 is 0. The predicted octanol–water partition coefficient (Wildman–Crippen LogP) is 2.17. The Morgan fingerprint density at radius 3 is 2.61 bits per heavy atom. The Morgan fingerprint density at radius 2 is 1.88 bits per heavy atom. The third-order valence-corrected chi connectivity index (χ3v) is 8.42. The van der Waals surface area contributed by atoms with Crippen molar-refractivity contribution >= 4 is 40.7 Å². The fourth-order valence-electron chi connectivity index (χ4n) is 5.58. The van der Waals surface area contributed by atoms with E-state index in [0.29, 0.717) is 37.8 Å². The molecular formula is C30H32N6O4S. The molecule has 2 aliphatic heterocycles. The molecule has 0 spiro atoms. The number of fused-ring (bicyclic) bond motifs is 1. The number of ketones is 1. The third-order valence-electron chi connectivity index (χ3n) is 7.63. The van der Waals surface area contributed by atoms with E-state index in [9.17, 15) is 19.2 Å². The van der Waals surface area contributed by atoms with Gasteiger partial charge >= 0.3 is 0 Å². The molecule has 3 amide bonds. The summed E-state index contributed by atoms with van der Waals surface area (Å²) in [4.78, 5) is 60.4. The average molecular weight is 573 g/mol. The average Bonchev–Trinajstić information content (AvgIpc) is 3.67. The molecule has 0 aliphatic carbocycles. The van der Waals surface area contributed by atoms with Gasteiger partial charge in [0.05, 0.1) is 18.6 Å². The number of nitrogens with zero attached hydrogens (tertiary/aromatic N) is 3. The Labute approximate surface area is 242 Å². The summed E-state index contributed by atoms with van der Waals surface area (Å²) in [7, 11) is 0. The fraction of sp³-hybridized carbons (Fsp3) is 0.333. The number of benzene rings is 2. The SMILES string of the molecule is N=C(N)c1cccc(CC(NC(=O)C2CC[C@H]3CN(C(=O)CCc4ccccc4)CC(=O)N23)C(=O)c2nccs2)c1. The maximum absolute atomic E-state index is 13.6. The Balaban J connectivity index is 1.25. The molecule has 2 unspecified atom stereocenters. The van der Waals surface area contributed by atoms with E-state index in [-0.39, 0.29) is 47.4 Å². The summed E-state index contributed by atoms with van der Waals surface area (Å²) in [6.45, 7) is 0.329. The molecule has 4 N–H and O–H groups in total. The number of rotatable bonds is 10. The minimum atomic E-state index is -0.911. The lowest BCUT2D eigenvalue weighted by Gasteiger charge is -2.39. The van der Waals surface area contributed by atoms with Crippen molar-refractivity contribution in [3.05, 3.63) is 87.9 Å². The van der Waals surface area contributed by atoms with Gasteiger partial charge in [-0.3, -0.25) is 24.6 Å². The summed E-state index contributed by atoms with van der Waals surface area (Å²) in [5.74, 6) is -1.15.